The van der Waals surface area contributed by atoms with Crippen molar-refractivity contribution in [1.29, 1.82) is 0 Å². The maximum Gasteiger partial charge on any atom is 0.116 e. The second-order valence-corrected chi connectivity index (χ2v) is 7.75. The summed E-state index contributed by atoms with van der Waals surface area (Å²) in [7, 11) is 0. The van der Waals surface area contributed by atoms with Gasteiger partial charge in [0.2, 0.25) is 0 Å². The molecule has 0 radical (unpaired) electrons. The molecule has 3 N–H and O–H groups in total. The molecule has 0 bridgehead atoms. The predicted molar refractivity (Wildman–Crippen MR) is 127 cm³/mol. The summed E-state index contributed by atoms with van der Waals surface area (Å²) in [6.07, 6.45) is 8.68. The van der Waals surface area contributed by atoms with E-state index in [1.165, 1.54) is 0 Å². The smallest absolute Gasteiger partial charge is 0.116 e. The largest absolute Gasteiger partial charge is 0.358 e. The molecular formula is C25H24N6. The fourth-order valence-corrected chi connectivity index (χ4v) is 3.79. The highest BCUT2D eigenvalue weighted by Gasteiger charge is 2.13. The van der Waals surface area contributed by atoms with Crippen molar-refractivity contribution in [3.05, 3.63) is 73.3 Å². The second-order valence-electron chi connectivity index (χ2n) is 7.75. The monoisotopic (exact) mass is 408 g/mol. The molecular weight excluding hydrogens is 384 g/mol. The number of allylic oxidation sites excluding steroid dienone is 1. The molecule has 5 rings (SSSR count). The molecule has 0 aliphatic carbocycles. The molecule has 0 saturated heterocycles. The van der Waals surface area contributed by atoms with Crippen LogP contribution in [0.1, 0.15) is 26.2 Å². The van der Waals surface area contributed by atoms with Gasteiger partial charge in [0.05, 0.1) is 35.0 Å². The molecule has 31 heavy (non-hydrogen) atoms. The van der Waals surface area contributed by atoms with Gasteiger partial charge in [-0.1, -0.05) is 38.1 Å². The Morgan fingerprint density at radius 2 is 1.97 bits per heavy atom. The Kier molecular flexibility index (Phi) is 4.96. The van der Waals surface area contributed by atoms with Gasteiger partial charge in [-0.25, -0.2) is 0 Å². The molecule has 6 heteroatoms. The van der Waals surface area contributed by atoms with E-state index in [-0.39, 0.29) is 0 Å². The highest BCUT2D eigenvalue weighted by atomic mass is 15.1. The zero-order chi connectivity index (χ0) is 21.2. The third-order valence-corrected chi connectivity index (χ3v) is 5.42. The van der Waals surface area contributed by atoms with Gasteiger partial charge in [0.1, 0.15) is 5.69 Å². The Labute approximate surface area is 180 Å². The Balaban J connectivity index is 1.49. The number of para-hydroxylation sites is 1. The van der Waals surface area contributed by atoms with Crippen LogP contribution in [0.3, 0.4) is 0 Å². The predicted octanol–water partition coefficient (Wildman–Crippen LogP) is 6.28. The number of unbranched alkanes of at least 4 members (excludes halogenated alkanes) is 1. The first-order chi connectivity index (χ1) is 15.2. The van der Waals surface area contributed by atoms with E-state index in [0.29, 0.717) is 0 Å². The minimum Gasteiger partial charge on any atom is -0.358 e. The van der Waals surface area contributed by atoms with E-state index in [4.69, 9.17) is 0 Å². The fourth-order valence-electron chi connectivity index (χ4n) is 3.79. The Morgan fingerprint density at radius 1 is 1.06 bits per heavy atom. The first-order valence-corrected chi connectivity index (χ1v) is 10.5. The van der Waals surface area contributed by atoms with Crippen LogP contribution in [0, 0.1) is 0 Å². The number of hydrogen-bond donors (Lipinski definition) is 3. The van der Waals surface area contributed by atoms with Gasteiger partial charge in [0.25, 0.3) is 0 Å². The van der Waals surface area contributed by atoms with Gasteiger partial charge in [0, 0.05) is 33.7 Å². The number of nitrogens with zero attached hydrogens (tertiary/aromatic N) is 3. The number of anilines is 1. The maximum absolute atomic E-state index is 4.63. The van der Waals surface area contributed by atoms with Crippen LogP contribution in [0.2, 0.25) is 0 Å². The lowest BCUT2D eigenvalue weighted by molar-refractivity contribution is 0.791. The number of H-pyrrole nitrogens is 2. The molecule has 0 fully saturated rings. The molecule has 0 spiro atoms. The van der Waals surface area contributed by atoms with Crippen molar-refractivity contribution in [2.75, 3.05) is 5.32 Å². The number of rotatable bonds is 7. The van der Waals surface area contributed by atoms with Crippen molar-refractivity contribution in [3.8, 4) is 22.6 Å². The molecule has 0 aliphatic rings. The Bertz CT molecular complexity index is 1340. The molecule has 0 atom stereocenters. The van der Waals surface area contributed by atoms with Gasteiger partial charge in [-0.2, -0.15) is 5.10 Å². The summed E-state index contributed by atoms with van der Waals surface area (Å²) < 4.78 is 0. The molecule has 0 aliphatic heterocycles. The number of nitrogens with one attached hydrogen (secondary N) is 3. The average Bonchev–Trinajstić information content (AvgIpc) is 3.41. The van der Waals surface area contributed by atoms with E-state index in [0.717, 1.165) is 75.1 Å². The second kappa shape index (κ2) is 8.07. The molecule has 1 aromatic carbocycles. The number of aromatic amines is 2. The summed E-state index contributed by atoms with van der Waals surface area (Å²) in [4.78, 5) is 12.5. The minimum absolute atomic E-state index is 0.849. The summed E-state index contributed by atoms with van der Waals surface area (Å²) in [5.41, 5.74) is 7.56. The third kappa shape index (κ3) is 3.80. The summed E-state index contributed by atoms with van der Waals surface area (Å²) >= 11 is 0. The van der Waals surface area contributed by atoms with Gasteiger partial charge in [-0.3, -0.25) is 15.1 Å². The van der Waals surface area contributed by atoms with Crippen molar-refractivity contribution in [2.24, 2.45) is 0 Å². The highest BCUT2D eigenvalue weighted by Crippen LogP contribution is 2.31. The lowest BCUT2D eigenvalue weighted by atomic mass is 10.1. The summed E-state index contributed by atoms with van der Waals surface area (Å²) in [6.45, 7) is 6.29. The average molecular weight is 409 g/mol. The van der Waals surface area contributed by atoms with Crippen LogP contribution in [-0.4, -0.2) is 25.1 Å². The maximum atomic E-state index is 4.63. The highest BCUT2D eigenvalue weighted by molar-refractivity contribution is 5.96. The van der Waals surface area contributed by atoms with Crippen molar-refractivity contribution < 1.29 is 0 Å². The van der Waals surface area contributed by atoms with Crippen LogP contribution in [0.15, 0.2) is 73.3 Å². The molecule has 6 nitrogen and oxygen atoms in total. The zero-order valence-electron chi connectivity index (χ0n) is 17.4. The first-order valence-electron chi connectivity index (χ1n) is 10.5. The van der Waals surface area contributed by atoms with Gasteiger partial charge < -0.3 is 10.3 Å². The first kappa shape index (κ1) is 19.1. The van der Waals surface area contributed by atoms with Crippen LogP contribution in [0.5, 0.6) is 0 Å². The van der Waals surface area contributed by atoms with Gasteiger partial charge >= 0.3 is 0 Å². The van der Waals surface area contributed by atoms with E-state index in [1.54, 1.807) is 0 Å². The molecule has 5 aromatic rings. The number of fused-ring (bicyclic) bond motifs is 2. The van der Waals surface area contributed by atoms with Gasteiger partial charge in [-0.15, -0.1) is 0 Å². The Hall–Kier alpha value is -3.93. The van der Waals surface area contributed by atoms with E-state index < -0.39 is 0 Å². The van der Waals surface area contributed by atoms with E-state index in [1.807, 2.05) is 30.7 Å². The normalized spacial score (nSPS) is 11.3. The molecule has 154 valence electrons. The topological polar surface area (TPSA) is 82.3 Å². The number of benzene rings is 1. The van der Waals surface area contributed by atoms with Crippen molar-refractivity contribution in [1.82, 2.24) is 25.1 Å². The zero-order valence-corrected chi connectivity index (χ0v) is 17.4. The van der Waals surface area contributed by atoms with E-state index in [9.17, 15) is 0 Å². The quantitative estimate of drug-likeness (QED) is 0.296. The van der Waals surface area contributed by atoms with Crippen LogP contribution in [0.25, 0.3) is 44.5 Å². The van der Waals surface area contributed by atoms with Crippen LogP contribution >= 0.6 is 0 Å². The number of pyridine rings is 2. The van der Waals surface area contributed by atoms with Crippen molar-refractivity contribution in [3.63, 3.8) is 0 Å². The summed E-state index contributed by atoms with van der Waals surface area (Å²) in [5.74, 6) is 0. The molecule has 4 aromatic heterocycles. The van der Waals surface area contributed by atoms with E-state index >= 15 is 0 Å². The van der Waals surface area contributed by atoms with Crippen molar-refractivity contribution in [2.45, 2.75) is 26.2 Å². The van der Waals surface area contributed by atoms with Crippen LogP contribution < -0.4 is 5.32 Å². The standard InChI is InChI=1S/C25H24N6/c1-3-4-7-16(2)28-19-10-18(13-26-14-19)22-12-20-24(15-27-22)30-31-25(20)23-11-17-8-5-6-9-21(17)29-23/h5-6,8-15,28-29H,2-4,7H2,1H3,(H,30,31). The SMILES string of the molecule is C=C(CCCC)Nc1cncc(-c2cc3c(-c4cc5ccccc5[nH]4)n[nH]c3cn2)c1. The number of aromatic nitrogens is 5. The number of hydrogen-bond acceptors (Lipinski definition) is 4. The van der Waals surface area contributed by atoms with E-state index in [2.05, 4.69) is 74.3 Å². The fraction of sp³-hybridized carbons (Fsp3) is 0.160. The summed E-state index contributed by atoms with van der Waals surface area (Å²) in [6, 6.07) is 14.5. The lowest BCUT2D eigenvalue weighted by Gasteiger charge is -2.10. The molecule has 0 unspecified atom stereocenters. The summed E-state index contributed by atoms with van der Waals surface area (Å²) in [5, 5.41) is 13.2. The molecule has 0 saturated carbocycles. The van der Waals surface area contributed by atoms with Crippen molar-refractivity contribution >= 4 is 27.5 Å². The Morgan fingerprint density at radius 3 is 2.84 bits per heavy atom. The molecule has 4 heterocycles. The van der Waals surface area contributed by atoms with Gasteiger partial charge in [0.15, 0.2) is 0 Å². The molecule has 0 amide bonds. The van der Waals surface area contributed by atoms with Gasteiger partial charge in [-0.05, 0) is 37.1 Å². The lowest BCUT2D eigenvalue weighted by Crippen LogP contribution is -1.99. The minimum atomic E-state index is 0.849. The van der Waals surface area contributed by atoms with Crippen LogP contribution in [-0.2, 0) is 0 Å². The van der Waals surface area contributed by atoms with Crippen LogP contribution in [0.4, 0.5) is 5.69 Å². The third-order valence-electron chi connectivity index (χ3n) is 5.42.